The van der Waals surface area contributed by atoms with E-state index >= 15 is 0 Å². The molecule has 1 amide bonds. The number of hydrazone groups is 1. The summed E-state index contributed by atoms with van der Waals surface area (Å²) < 4.78 is 0.981. The van der Waals surface area contributed by atoms with Crippen molar-refractivity contribution < 1.29 is 4.79 Å². The Morgan fingerprint density at radius 1 is 1.16 bits per heavy atom. The number of carbonyl (C=O) groups excluding carboxylic acids is 1. The number of para-hydroxylation sites is 1. The fourth-order valence-corrected chi connectivity index (χ4v) is 4.24. The molecule has 0 bridgehead atoms. The minimum Gasteiger partial charge on any atom is -0.358 e. The Bertz CT molecular complexity index is 1130. The predicted molar refractivity (Wildman–Crippen MR) is 105 cm³/mol. The first-order valence-electron chi connectivity index (χ1n) is 7.73. The molecular weight excluding hydrogens is 354 g/mol. The third-order valence-corrected chi connectivity index (χ3v) is 5.72. The van der Waals surface area contributed by atoms with Crippen LogP contribution in [-0.2, 0) is 0 Å². The first-order chi connectivity index (χ1) is 12.1. The van der Waals surface area contributed by atoms with Crippen LogP contribution in [0, 0.1) is 6.92 Å². The Morgan fingerprint density at radius 2 is 1.88 bits per heavy atom. The molecule has 0 fully saturated rings. The molecule has 4 nitrogen and oxygen atoms in total. The van der Waals surface area contributed by atoms with E-state index in [-0.39, 0.29) is 5.91 Å². The number of fused-ring (bicyclic) bond motifs is 2. The van der Waals surface area contributed by atoms with E-state index in [2.05, 4.69) is 15.5 Å². The fourth-order valence-electron chi connectivity index (χ4n) is 2.83. The molecule has 0 radical (unpaired) electrons. The third-order valence-electron chi connectivity index (χ3n) is 4.04. The van der Waals surface area contributed by atoms with Crippen molar-refractivity contribution in [2.75, 3.05) is 0 Å². The Hall–Kier alpha value is -2.63. The molecule has 0 saturated heterocycles. The maximum atomic E-state index is 12.4. The van der Waals surface area contributed by atoms with E-state index in [0.29, 0.717) is 9.90 Å². The molecule has 0 atom stereocenters. The number of thiophene rings is 1. The van der Waals surface area contributed by atoms with Gasteiger partial charge >= 0.3 is 0 Å². The summed E-state index contributed by atoms with van der Waals surface area (Å²) in [6.07, 6.45) is 1.66. The van der Waals surface area contributed by atoms with Gasteiger partial charge in [0.1, 0.15) is 4.88 Å². The normalized spacial score (nSPS) is 11.6. The average molecular weight is 368 g/mol. The first kappa shape index (κ1) is 15.9. The molecule has 0 aliphatic carbocycles. The van der Waals surface area contributed by atoms with Crippen molar-refractivity contribution in [3.63, 3.8) is 0 Å². The van der Waals surface area contributed by atoms with Crippen LogP contribution >= 0.6 is 22.9 Å². The zero-order valence-electron chi connectivity index (χ0n) is 13.3. The number of aromatic amines is 1. The van der Waals surface area contributed by atoms with Gasteiger partial charge in [0.15, 0.2) is 0 Å². The quantitative estimate of drug-likeness (QED) is 0.383. The Morgan fingerprint density at radius 3 is 2.68 bits per heavy atom. The van der Waals surface area contributed by atoms with Crippen molar-refractivity contribution in [1.82, 2.24) is 10.4 Å². The highest BCUT2D eigenvalue weighted by molar-refractivity contribution is 7.21. The highest BCUT2D eigenvalue weighted by Gasteiger charge is 2.16. The van der Waals surface area contributed by atoms with E-state index in [9.17, 15) is 4.79 Å². The zero-order valence-corrected chi connectivity index (χ0v) is 14.9. The van der Waals surface area contributed by atoms with Crippen molar-refractivity contribution in [3.8, 4) is 0 Å². The molecule has 124 valence electrons. The van der Waals surface area contributed by atoms with Crippen molar-refractivity contribution in [1.29, 1.82) is 0 Å². The topological polar surface area (TPSA) is 57.2 Å². The van der Waals surface area contributed by atoms with Gasteiger partial charge in [-0.05, 0) is 19.1 Å². The van der Waals surface area contributed by atoms with Crippen molar-refractivity contribution in [3.05, 3.63) is 69.7 Å². The summed E-state index contributed by atoms with van der Waals surface area (Å²) >= 11 is 7.69. The highest BCUT2D eigenvalue weighted by Crippen LogP contribution is 2.34. The van der Waals surface area contributed by atoms with E-state index in [1.807, 2.05) is 55.5 Å². The molecule has 4 aromatic rings. The number of H-pyrrole nitrogens is 1. The number of carbonyl (C=O) groups is 1. The molecular formula is C19H14ClN3OS. The molecule has 2 heterocycles. The molecule has 2 N–H and O–H groups in total. The van der Waals surface area contributed by atoms with E-state index < -0.39 is 0 Å². The standard InChI is InChI=1S/C19H14ClN3OS/c1-11-14(12-6-2-4-8-15(12)22-11)10-21-23-19(24)18-17(20)13-7-3-5-9-16(13)25-18/h2-10,22H,1H3,(H,23,24). The lowest BCUT2D eigenvalue weighted by Gasteiger charge is -1.97. The van der Waals surface area contributed by atoms with Gasteiger partial charge in [0.05, 0.1) is 11.2 Å². The maximum Gasteiger partial charge on any atom is 0.283 e. The fraction of sp³-hybridized carbons (Fsp3) is 0.0526. The molecule has 6 heteroatoms. The van der Waals surface area contributed by atoms with Crippen LogP contribution in [0.1, 0.15) is 20.9 Å². The van der Waals surface area contributed by atoms with Crippen LogP contribution in [0.3, 0.4) is 0 Å². The number of hydrogen-bond acceptors (Lipinski definition) is 3. The summed E-state index contributed by atoms with van der Waals surface area (Å²) in [5.41, 5.74) is 5.57. The minimum atomic E-state index is -0.306. The van der Waals surface area contributed by atoms with Crippen LogP contribution in [0.15, 0.2) is 53.6 Å². The minimum absolute atomic E-state index is 0.306. The van der Waals surface area contributed by atoms with Gasteiger partial charge in [-0.1, -0.05) is 48.0 Å². The molecule has 25 heavy (non-hydrogen) atoms. The number of amides is 1. The van der Waals surface area contributed by atoms with E-state index in [0.717, 1.165) is 32.2 Å². The van der Waals surface area contributed by atoms with Gasteiger partial charge in [0.25, 0.3) is 5.91 Å². The number of benzene rings is 2. The second kappa shape index (κ2) is 6.35. The molecule has 0 aliphatic rings. The number of hydrogen-bond donors (Lipinski definition) is 2. The molecule has 0 aliphatic heterocycles. The molecule has 0 saturated carbocycles. The summed E-state index contributed by atoms with van der Waals surface area (Å²) in [7, 11) is 0. The first-order valence-corrected chi connectivity index (χ1v) is 8.92. The monoisotopic (exact) mass is 367 g/mol. The van der Waals surface area contributed by atoms with Crippen LogP contribution < -0.4 is 5.43 Å². The van der Waals surface area contributed by atoms with Gasteiger partial charge in [0.2, 0.25) is 0 Å². The van der Waals surface area contributed by atoms with Gasteiger partial charge in [-0.2, -0.15) is 5.10 Å². The van der Waals surface area contributed by atoms with Crippen LogP contribution in [0.2, 0.25) is 5.02 Å². The van der Waals surface area contributed by atoms with Gasteiger partial charge < -0.3 is 4.98 Å². The lowest BCUT2D eigenvalue weighted by molar-refractivity contribution is 0.0959. The second-order valence-corrected chi connectivity index (χ2v) is 7.08. The number of nitrogens with zero attached hydrogens (tertiary/aromatic N) is 1. The van der Waals surface area contributed by atoms with Crippen LogP contribution in [-0.4, -0.2) is 17.1 Å². The third kappa shape index (κ3) is 2.81. The van der Waals surface area contributed by atoms with Gasteiger partial charge in [-0.15, -0.1) is 11.3 Å². The van der Waals surface area contributed by atoms with Crippen LogP contribution in [0.5, 0.6) is 0 Å². The molecule has 0 unspecified atom stereocenters. The Kier molecular flexibility index (Phi) is 4.03. The summed E-state index contributed by atoms with van der Waals surface area (Å²) in [6.45, 7) is 1.98. The average Bonchev–Trinajstić information content (AvgIpc) is 3.13. The van der Waals surface area contributed by atoms with Gasteiger partial charge in [-0.3, -0.25) is 4.79 Å². The largest absolute Gasteiger partial charge is 0.358 e. The smallest absolute Gasteiger partial charge is 0.283 e. The second-order valence-electron chi connectivity index (χ2n) is 5.65. The lowest BCUT2D eigenvalue weighted by Crippen LogP contribution is -2.16. The van der Waals surface area contributed by atoms with Gasteiger partial charge in [0, 0.05) is 32.2 Å². The molecule has 0 spiro atoms. The van der Waals surface area contributed by atoms with Crippen molar-refractivity contribution >= 4 is 56.0 Å². The zero-order chi connectivity index (χ0) is 17.4. The van der Waals surface area contributed by atoms with Gasteiger partial charge in [-0.25, -0.2) is 5.43 Å². The number of rotatable bonds is 3. The SMILES string of the molecule is Cc1[nH]c2ccccc2c1C=NNC(=O)c1sc2ccccc2c1Cl. The van der Waals surface area contributed by atoms with Crippen molar-refractivity contribution in [2.24, 2.45) is 5.10 Å². The summed E-state index contributed by atoms with van der Waals surface area (Å²) in [5, 5.41) is 6.54. The van der Waals surface area contributed by atoms with E-state index in [1.54, 1.807) is 6.21 Å². The number of aryl methyl sites for hydroxylation is 1. The Balaban J connectivity index is 1.59. The number of halogens is 1. The lowest BCUT2D eigenvalue weighted by atomic mass is 10.1. The molecule has 2 aromatic heterocycles. The summed E-state index contributed by atoms with van der Waals surface area (Å²) in [5.74, 6) is -0.306. The molecule has 2 aromatic carbocycles. The number of aromatic nitrogens is 1. The summed E-state index contributed by atoms with van der Waals surface area (Å²) in [6, 6.07) is 15.7. The summed E-state index contributed by atoms with van der Waals surface area (Å²) in [4.78, 5) is 16.2. The Labute approximate surface area is 153 Å². The van der Waals surface area contributed by atoms with Crippen LogP contribution in [0.4, 0.5) is 0 Å². The number of nitrogens with one attached hydrogen (secondary N) is 2. The van der Waals surface area contributed by atoms with Crippen molar-refractivity contribution in [2.45, 2.75) is 6.92 Å². The molecule has 4 rings (SSSR count). The van der Waals surface area contributed by atoms with Crippen LogP contribution in [0.25, 0.3) is 21.0 Å². The van der Waals surface area contributed by atoms with E-state index in [4.69, 9.17) is 11.6 Å². The predicted octanol–water partition coefficient (Wildman–Crippen LogP) is 5.11. The highest BCUT2D eigenvalue weighted by atomic mass is 35.5. The maximum absolute atomic E-state index is 12.4. The van der Waals surface area contributed by atoms with E-state index in [1.165, 1.54) is 11.3 Å².